The number of aliphatic carboxylic acids is 1. The second-order valence-electron chi connectivity index (χ2n) is 8.34. The Morgan fingerprint density at radius 2 is 1.59 bits per heavy atom. The summed E-state index contributed by atoms with van der Waals surface area (Å²) in [5.41, 5.74) is 16.8. The molecular weight excluding hydrogens is 488 g/mol. The third kappa shape index (κ3) is 12.2. The molecule has 0 saturated heterocycles. The average Bonchev–Trinajstić information content (AvgIpc) is 3.37. The fourth-order valence-electron chi connectivity index (χ4n) is 3.28. The van der Waals surface area contributed by atoms with Gasteiger partial charge < -0.3 is 53.7 Å². The van der Waals surface area contributed by atoms with E-state index in [1.54, 1.807) is 0 Å². The summed E-state index contributed by atoms with van der Waals surface area (Å²) in [5, 5.41) is 35.9. The number of H-pyrrole nitrogens is 1. The quantitative estimate of drug-likeness (QED) is 0.0501. The summed E-state index contributed by atoms with van der Waals surface area (Å²) in [7, 11) is 0. The molecule has 16 heteroatoms. The van der Waals surface area contributed by atoms with Gasteiger partial charge in [0.05, 0.1) is 18.6 Å². The van der Waals surface area contributed by atoms with Gasteiger partial charge in [0.15, 0.2) is 5.96 Å². The molecule has 1 heterocycles. The summed E-state index contributed by atoms with van der Waals surface area (Å²) in [6.45, 7) is -0.0300. The number of aliphatic hydroxyl groups excluding tert-OH is 1. The van der Waals surface area contributed by atoms with E-state index < -0.39 is 54.5 Å². The zero-order valence-corrected chi connectivity index (χ0v) is 20.5. The normalized spacial score (nSPS) is 14.0. The highest BCUT2D eigenvalue weighted by Crippen LogP contribution is 2.06. The Labute approximate surface area is 214 Å². The Hall–Kier alpha value is -3.76. The summed E-state index contributed by atoms with van der Waals surface area (Å²) < 4.78 is 0. The minimum absolute atomic E-state index is 0.0745. The van der Waals surface area contributed by atoms with Crippen LogP contribution in [0, 0.1) is 5.41 Å². The van der Waals surface area contributed by atoms with Crippen LogP contribution in [0.15, 0.2) is 12.5 Å². The summed E-state index contributed by atoms with van der Waals surface area (Å²) >= 11 is 0. The van der Waals surface area contributed by atoms with Crippen LogP contribution in [0.5, 0.6) is 0 Å². The molecule has 4 atom stereocenters. The lowest BCUT2D eigenvalue weighted by molar-refractivity contribution is -0.142. The van der Waals surface area contributed by atoms with E-state index in [4.69, 9.17) is 27.7 Å². The number of amides is 3. The van der Waals surface area contributed by atoms with Crippen molar-refractivity contribution in [2.75, 3.05) is 19.7 Å². The first-order valence-corrected chi connectivity index (χ1v) is 11.8. The molecule has 0 radical (unpaired) electrons. The highest BCUT2D eigenvalue weighted by Gasteiger charge is 2.30. The maximum absolute atomic E-state index is 13.1. The number of aliphatic hydroxyl groups is 1. The second-order valence-corrected chi connectivity index (χ2v) is 8.34. The molecule has 1 aromatic heterocycles. The van der Waals surface area contributed by atoms with Crippen molar-refractivity contribution in [3.63, 3.8) is 0 Å². The van der Waals surface area contributed by atoms with Gasteiger partial charge in [-0.25, -0.2) is 9.78 Å². The van der Waals surface area contributed by atoms with Gasteiger partial charge in [-0.3, -0.25) is 19.8 Å². The van der Waals surface area contributed by atoms with Crippen molar-refractivity contribution in [2.45, 2.75) is 62.7 Å². The number of carbonyl (C=O) groups is 4. The third-order valence-electron chi connectivity index (χ3n) is 5.31. The number of hydrogen-bond donors (Lipinski definition) is 11. The van der Waals surface area contributed by atoms with Crippen LogP contribution >= 0.6 is 0 Å². The van der Waals surface area contributed by atoms with E-state index in [1.165, 1.54) is 12.5 Å². The number of guanidine groups is 1. The van der Waals surface area contributed by atoms with Crippen LogP contribution in [0.2, 0.25) is 0 Å². The molecule has 0 aromatic carbocycles. The number of unbranched alkanes of at least 4 members (excludes halogenated alkanes) is 1. The number of nitrogens with zero attached hydrogens (tertiary/aromatic N) is 1. The molecule has 0 saturated carbocycles. The number of carbonyl (C=O) groups excluding carboxylic acids is 3. The predicted molar refractivity (Wildman–Crippen MR) is 133 cm³/mol. The van der Waals surface area contributed by atoms with E-state index in [0.29, 0.717) is 31.5 Å². The Kier molecular flexibility index (Phi) is 14.2. The number of carboxylic acid groups (broad SMARTS) is 1. The first kappa shape index (κ1) is 31.3. The van der Waals surface area contributed by atoms with Crippen LogP contribution in [-0.2, 0) is 25.6 Å². The largest absolute Gasteiger partial charge is 0.480 e. The number of nitrogens with one attached hydrogen (secondary N) is 6. The van der Waals surface area contributed by atoms with Crippen LogP contribution in [0.25, 0.3) is 0 Å². The number of nitrogens with two attached hydrogens (primary N) is 3. The molecule has 208 valence electrons. The molecule has 1 aromatic rings. The van der Waals surface area contributed by atoms with Crippen LogP contribution in [-0.4, -0.2) is 93.7 Å². The maximum atomic E-state index is 13.1. The number of imidazole rings is 1. The van der Waals surface area contributed by atoms with Crippen LogP contribution in [0.4, 0.5) is 0 Å². The third-order valence-corrected chi connectivity index (χ3v) is 5.31. The van der Waals surface area contributed by atoms with Gasteiger partial charge in [-0.1, -0.05) is 0 Å². The van der Waals surface area contributed by atoms with Gasteiger partial charge in [-0.2, -0.15) is 0 Å². The fourth-order valence-corrected chi connectivity index (χ4v) is 3.28. The van der Waals surface area contributed by atoms with Gasteiger partial charge in [0.25, 0.3) is 0 Å². The predicted octanol–water partition coefficient (Wildman–Crippen LogP) is -3.80. The van der Waals surface area contributed by atoms with Gasteiger partial charge in [0, 0.05) is 19.2 Å². The van der Waals surface area contributed by atoms with Crippen molar-refractivity contribution in [2.24, 2.45) is 17.2 Å². The first-order valence-electron chi connectivity index (χ1n) is 11.8. The number of rotatable bonds is 18. The maximum Gasteiger partial charge on any atom is 0.326 e. The summed E-state index contributed by atoms with van der Waals surface area (Å²) in [6, 6.07) is -4.78. The van der Waals surface area contributed by atoms with Crippen LogP contribution in [0.3, 0.4) is 0 Å². The van der Waals surface area contributed by atoms with E-state index in [0.717, 1.165) is 0 Å². The molecule has 0 aliphatic heterocycles. The summed E-state index contributed by atoms with van der Waals surface area (Å²) in [4.78, 5) is 56.7. The van der Waals surface area contributed by atoms with Crippen molar-refractivity contribution in [1.29, 1.82) is 5.41 Å². The molecule has 0 fully saturated rings. The molecule has 14 N–H and O–H groups in total. The molecule has 0 spiro atoms. The van der Waals surface area contributed by atoms with Gasteiger partial charge in [0.2, 0.25) is 17.7 Å². The SMILES string of the molecule is N=C(N)NCCC[C@H](NC(=O)[C@@H](N)CO)C(=O)N[C@@H](CCCCN)C(=O)N[C@@H](Cc1c[nH]cn1)C(=O)O. The summed E-state index contributed by atoms with van der Waals surface area (Å²) in [5.74, 6) is -3.72. The standard InChI is InChI=1S/C21H38N10O6/c22-6-2-1-4-14(19(35)31-16(20(36)37)8-12-9-26-11-28-12)30-18(34)15(5-3-7-27-21(24)25)29-17(33)13(23)10-32/h9,11,13-16,32H,1-8,10,22-23H2,(H,26,28)(H,29,33)(H,30,34)(H,31,35)(H,36,37)(H4,24,25,27)/t13-,14-,15-,16-/m0/s1. The minimum Gasteiger partial charge on any atom is -0.480 e. The second kappa shape index (κ2) is 16.8. The van der Waals surface area contributed by atoms with Crippen molar-refractivity contribution in [3.8, 4) is 0 Å². The molecule has 0 aliphatic carbocycles. The molecule has 16 nitrogen and oxygen atoms in total. The van der Waals surface area contributed by atoms with Crippen molar-refractivity contribution in [3.05, 3.63) is 18.2 Å². The highest BCUT2D eigenvalue weighted by atomic mass is 16.4. The molecule has 1 rings (SSSR count). The molecular formula is C21H38N10O6. The first-order chi connectivity index (χ1) is 17.6. The number of aromatic amines is 1. The monoisotopic (exact) mass is 526 g/mol. The number of aromatic nitrogens is 2. The smallest absolute Gasteiger partial charge is 0.326 e. The lowest BCUT2D eigenvalue weighted by atomic mass is 10.0. The average molecular weight is 527 g/mol. The Bertz CT molecular complexity index is 881. The Morgan fingerprint density at radius 1 is 1.00 bits per heavy atom. The Morgan fingerprint density at radius 3 is 2.11 bits per heavy atom. The van der Waals surface area contributed by atoms with E-state index in [-0.39, 0.29) is 31.8 Å². The minimum atomic E-state index is -1.29. The van der Waals surface area contributed by atoms with E-state index in [9.17, 15) is 24.3 Å². The van der Waals surface area contributed by atoms with E-state index in [2.05, 4.69) is 31.2 Å². The topological polar surface area (TPSA) is 287 Å². The lowest BCUT2D eigenvalue weighted by Crippen LogP contribution is -2.57. The Balaban J connectivity index is 2.97. The van der Waals surface area contributed by atoms with Crippen LogP contribution in [0.1, 0.15) is 37.8 Å². The van der Waals surface area contributed by atoms with Gasteiger partial charge in [-0.05, 0) is 38.6 Å². The molecule has 3 amide bonds. The van der Waals surface area contributed by atoms with Gasteiger partial charge in [0.1, 0.15) is 24.2 Å². The van der Waals surface area contributed by atoms with Crippen LogP contribution < -0.4 is 38.5 Å². The van der Waals surface area contributed by atoms with Crippen molar-refractivity contribution >= 4 is 29.7 Å². The lowest BCUT2D eigenvalue weighted by Gasteiger charge is -2.25. The van der Waals surface area contributed by atoms with Crippen molar-refractivity contribution < 1.29 is 29.4 Å². The zero-order valence-electron chi connectivity index (χ0n) is 20.5. The number of carboxylic acids is 1. The van der Waals surface area contributed by atoms with E-state index >= 15 is 0 Å². The molecule has 0 bridgehead atoms. The van der Waals surface area contributed by atoms with Crippen molar-refractivity contribution in [1.82, 2.24) is 31.2 Å². The van der Waals surface area contributed by atoms with Gasteiger partial charge in [-0.15, -0.1) is 0 Å². The molecule has 0 aliphatic rings. The van der Waals surface area contributed by atoms with E-state index in [1.807, 2.05) is 0 Å². The highest BCUT2D eigenvalue weighted by molar-refractivity contribution is 5.94. The number of hydrogen-bond acceptors (Lipinski definition) is 9. The summed E-state index contributed by atoms with van der Waals surface area (Å²) in [6.07, 6.45) is 4.45. The fraction of sp³-hybridized carbons (Fsp3) is 0.619. The van der Waals surface area contributed by atoms with Gasteiger partial charge >= 0.3 is 5.97 Å². The molecule has 37 heavy (non-hydrogen) atoms. The molecule has 0 unspecified atom stereocenters. The zero-order chi connectivity index (χ0) is 27.8.